The zero-order chi connectivity index (χ0) is 23.8. The number of carbonyl (C=O) groups is 2. The summed E-state index contributed by atoms with van der Waals surface area (Å²) in [6.45, 7) is 0. The molecule has 1 aliphatic heterocycles. The fourth-order valence-electron chi connectivity index (χ4n) is 3.54. The molecule has 0 spiro atoms. The van der Waals surface area contributed by atoms with Crippen molar-refractivity contribution < 1.29 is 27.5 Å². The maximum atomic E-state index is 13.3. The number of benzene rings is 2. The molecule has 0 aliphatic carbocycles. The third-order valence-corrected chi connectivity index (χ3v) is 6.42. The van der Waals surface area contributed by atoms with E-state index in [2.05, 4.69) is 10.4 Å². The van der Waals surface area contributed by atoms with Crippen molar-refractivity contribution in [1.82, 2.24) is 15.4 Å². The van der Waals surface area contributed by atoms with Crippen molar-refractivity contribution in [2.24, 2.45) is 0 Å². The van der Waals surface area contributed by atoms with E-state index in [1.807, 2.05) is 0 Å². The van der Waals surface area contributed by atoms with Crippen LogP contribution in [0.1, 0.15) is 33.3 Å². The van der Waals surface area contributed by atoms with Gasteiger partial charge in [-0.15, -0.1) is 11.8 Å². The van der Waals surface area contributed by atoms with Crippen LogP contribution in [-0.2, 0) is 11.0 Å². The van der Waals surface area contributed by atoms with Crippen LogP contribution in [0.25, 0.3) is 10.9 Å². The number of aromatic nitrogens is 1. The van der Waals surface area contributed by atoms with Crippen molar-refractivity contribution >= 4 is 34.5 Å². The number of ether oxygens (including phenoxy) is 1. The van der Waals surface area contributed by atoms with Crippen molar-refractivity contribution in [3.05, 3.63) is 75.6 Å². The molecule has 1 fully saturated rings. The standard InChI is InChI=1S/C22H18F3N3O4S/c1-32-13-7-5-12(6-8-13)21-28(17(29)9-10-33-21)27-20(31)15-11-26-18-14(19(15)30)3-2-4-16(18)22(23,24)25/h2-8,11,21H,9-10H2,1H3,(H,26,30)(H,27,31). The Labute approximate surface area is 189 Å². The summed E-state index contributed by atoms with van der Waals surface area (Å²) in [6.07, 6.45) is -3.56. The lowest BCUT2D eigenvalue weighted by molar-refractivity contribution is -0.136. The first-order chi connectivity index (χ1) is 15.7. The number of aromatic amines is 1. The van der Waals surface area contributed by atoms with Crippen molar-refractivity contribution in [3.63, 3.8) is 0 Å². The van der Waals surface area contributed by atoms with Gasteiger partial charge in [0.1, 0.15) is 16.7 Å². The average Bonchev–Trinajstić information content (AvgIpc) is 2.79. The van der Waals surface area contributed by atoms with Crippen LogP contribution in [0.15, 0.2) is 53.5 Å². The molecule has 2 aromatic carbocycles. The number of nitrogens with one attached hydrogen (secondary N) is 2. The highest BCUT2D eigenvalue weighted by atomic mass is 32.2. The van der Waals surface area contributed by atoms with Gasteiger partial charge in [-0.3, -0.25) is 19.8 Å². The number of nitrogens with zero attached hydrogens (tertiary/aromatic N) is 1. The van der Waals surface area contributed by atoms with E-state index in [0.717, 1.165) is 28.9 Å². The van der Waals surface area contributed by atoms with E-state index in [9.17, 15) is 27.6 Å². The van der Waals surface area contributed by atoms with Crippen LogP contribution in [0.3, 0.4) is 0 Å². The number of amides is 2. The third kappa shape index (κ3) is 4.40. The highest BCUT2D eigenvalue weighted by Gasteiger charge is 2.34. The van der Waals surface area contributed by atoms with Gasteiger partial charge in [0.2, 0.25) is 11.3 Å². The minimum atomic E-state index is -4.67. The molecule has 2 N–H and O–H groups in total. The van der Waals surface area contributed by atoms with Gasteiger partial charge in [-0.1, -0.05) is 18.2 Å². The van der Waals surface area contributed by atoms with Crippen LogP contribution in [0.2, 0.25) is 0 Å². The fraction of sp³-hybridized carbons (Fsp3) is 0.227. The number of halogens is 3. The highest BCUT2D eigenvalue weighted by molar-refractivity contribution is 7.99. The van der Waals surface area contributed by atoms with Crippen LogP contribution in [-0.4, -0.2) is 34.7 Å². The van der Waals surface area contributed by atoms with Crippen LogP contribution < -0.4 is 15.6 Å². The van der Waals surface area contributed by atoms with Gasteiger partial charge < -0.3 is 9.72 Å². The third-order valence-electron chi connectivity index (χ3n) is 5.18. The first-order valence-electron chi connectivity index (χ1n) is 9.81. The summed E-state index contributed by atoms with van der Waals surface area (Å²) in [5.74, 6) is -0.0783. The Morgan fingerprint density at radius 2 is 1.91 bits per heavy atom. The van der Waals surface area contributed by atoms with E-state index in [0.29, 0.717) is 11.5 Å². The molecule has 1 unspecified atom stereocenters. The average molecular weight is 477 g/mol. The zero-order valence-corrected chi connectivity index (χ0v) is 18.0. The molecule has 0 saturated carbocycles. The molecule has 2 amide bonds. The van der Waals surface area contributed by atoms with Crippen LogP contribution in [0, 0.1) is 0 Å². The number of rotatable bonds is 4. The van der Waals surface area contributed by atoms with Crippen LogP contribution in [0.4, 0.5) is 13.2 Å². The number of methoxy groups -OCH3 is 1. The van der Waals surface area contributed by atoms with Gasteiger partial charge in [-0.2, -0.15) is 13.2 Å². The predicted molar refractivity (Wildman–Crippen MR) is 117 cm³/mol. The Morgan fingerprint density at radius 3 is 2.58 bits per heavy atom. The van der Waals surface area contributed by atoms with Crippen molar-refractivity contribution in [1.29, 1.82) is 0 Å². The molecule has 11 heteroatoms. The number of carbonyl (C=O) groups excluding carboxylic acids is 2. The second-order valence-corrected chi connectivity index (χ2v) is 8.40. The molecular formula is C22H18F3N3O4S. The lowest BCUT2D eigenvalue weighted by atomic mass is 10.1. The molecule has 33 heavy (non-hydrogen) atoms. The summed E-state index contributed by atoms with van der Waals surface area (Å²) in [7, 11) is 1.53. The molecule has 3 aromatic rings. The molecule has 1 aromatic heterocycles. The van der Waals surface area contributed by atoms with E-state index in [1.54, 1.807) is 24.3 Å². The van der Waals surface area contributed by atoms with Crippen molar-refractivity contribution in [2.75, 3.05) is 12.9 Å². The molecule has 1 aliphatic rings. The number of pyridine rings is 1. The lowest BCUT2D eigenvalue weighted by Crippen LogP contribution is -2.50. The zero-order valence-electron chi connectivity index (χ0n) is 17.2. The Kier molecular flexibility index (Phi) is 6.07. The number of hydrazine groups is 1. The summed E-state index contributed by atoms with van der Waals surface area (Å²) in [6, 6.07) is 10.1. The number of H-pyrrole nitrogens is 1. The maximum Gasteiger partial charge on any atom is 0.418 e. The fourth-order valence-corrected chi connectivity index (χ4v) is 4.73. The first-order valence-corrected chi connectivity index (χ1v) is 10.9. The summed E-state index contributed by atoms with van der Waals surface area (Å²) >= 11 is 1.43. The first kappa shape index (κ1) is 22.7. The Hall–Kier alpha value is -3.47. The predicted octanol–water partition coefficient (Wildman–Crippen LogP) is 3.86. The van der Waals surface area contributed by atoms with Gasteiger partial charge in [0.05, 0.1) is 18.2 Å². The molecule has 1 saturated heterocycles. The minimum absolute atomic E-state index is 0.181. The monoisotopic (exact) mass is 477 g/mol. The van der Waals surface area contributed by atoms with Gasteiger partial charge in [0.15, 0.2) is 0 Å². The SMILES string of the molecule is COc1ccc(C2SCCC(=O)N2NC(=O)c2c[nH]c3c(C(F)(F)F)cccc3c2=O)cc1. The van der Waals surface area contributed by atoms with E-state index in [-0.39, 0.29) is 17.7 Å². The molecule has 0 bridgehead atoms. The van der Waals surface area contributed by atoms with Crippen molar-refractivity contribution in [3.8, 4) is 5.75 Å². The molecule has 172 valence electrons. The molecule has 0 radical (unpaired) electrons. The second-order valence-electron chi connectivity index (χ2n) is 7.21. The van der Waals surface area contributed by atoms with E-state index in [1.165, 1.54) is 24.9 Å². The van der Waals surface area contributed by atoms with Gasteiger partial charge in [0, 0.05) is 23.8 Å². The molecule has 1 atom stereocenters. The van der Waals surface area contributed by atoms with Crippen molar-refractivity contribution in [2.45, 2.75) is 18.0 Å². The summed E-state index contributed by atoms with van der Waals surface area (Å²) in [5, 5.41) is 0.328. The number of fused-ring (bicyclic) bond motifs is 1. The maximum absolute atomic E-state index is 13.3. The number of hydrogen-bond donors (Lipinski definition) is 2. The summed E-state index contributed by atoms with van der Waals surface area (Å²) in [4.78, 5) is 40.7. The van der Waals surface area contributed by atoms with E-state index >= 15 is 0 Å². The molecule has 2 heterocycles. The Balaban J connectivity index is 1.66. The van der Waals surface area contributed by atoms with Gasteiger partial charge in [-0.05, 0) is 29.8 Å². The number of para-hydroxylation sites is 1. The van der Waals surface area contributed by atoms with E-state index in [4.69, 9.17) is 4.74 Å². The van der Waals surface area contributed by atoms with Gasteiger partial charge in [0.25, 0.3) is 5.91 Å². The van der Waals surface area contributed by atoms with Gasteiger partial charge in [-0.25, -0.2) is 5.01 Å². The molecule has 4 rings (SSSR count). The summed E-state index contributed by atoms with van der Waals surface area (Å²) in [5.41, 5.74) is 0.504. The second kappa shape index (κ2) is 8.81. The molecule has 7 nitrogen and oxygen atoms in total. The normalized spacial score (nSPS) is 16.7. The number of thioether (sulfide) groups is 1. The summed E-state index contributed by atoms with van der Waals surface area (Å²) < 4.78 is 44.9. The topological polar surface area (TPSA) is 91.5 Å². The quantitative estimate of drug-likeness (QED) is 0.596. The highest BCUT2D eigenvalue weighted by Crippen LogP contribution is 2.37. The largest absolute Gasteiger partial charge is 0.497 e. The smallest absolute Gasteiger partial charge is 0.418 e. The van der Waals surface area contributed by atoms with Crippen LogP contribution >= 0.6 is 11.8 Å². The van der Waals surface area contributed by atoms with Crippen LogP contribution in [0.5, 0.6) is 5.75 Å². The Bertz CT molecular complexity index is 1270. The van der Waals surface area contributed by atoms with Gasteiger partial charge >= 0.3 is 6.18 Å². The lowest BCUT2D eigenvalue weighted by Gasteiger charge is -2.35. The molecular weight excluding hydrogens is 459 g/mol. The number of alkyl halides is 3. The van der Waals surface area contributed by atoms with E-state index < -0.39 is 39.5 Å². The minimum Gasteiger partial charge on any atom is -0.497 e. The Morgan fingerprint density at radius 1 is 1.18 bits per heavy atom. The number of hydrogen-bond acceptors (Lipinski definition) is 5.